The predicted molar refractivity (Wildman–Crippen MR) is 139 cm³/mol. The van der Waals surface area contributed by atoms with Crippen LogP contribution in [0.3, 0.4) is 0 Å². The lowest BCUT2D eigenvalue weighted by Crippen LogP contribution is -2.50. The van der Waals surface area contributed by atoms with Gasteiger partial charge in [0.05, 0.1) is 0 Å². The monoisotopic (exact) mass is 504 g/mol. The minimum atomic E-state index is -0.847. The Bertz CT molecular complexity index is 1140. The number of benzene rings is 3. The fraction of sp³-hybridized carbons (Fsp3) is 0.276. The van der Waals surface area contributed by atoms with Gasteiger partial charge in [-0.15, -0.1) is 0 Å². The summed E-state index contributed by atoms with van der Waals surface area (Å²) in [5.41, 5.74) is 2.46. The van der Waals surface area contributed by atoms with Gasteiger partial charge in [0.25, 0.3) is 0 Å². The third-order valence-corrected chi connectivity index (χ3v) is 5.59. The van der Waals surface area contributed by atoms with E-state index in [0.29, 0.717) is 5.75 Å². The standard InChI is InChI=1S/C29H32N2O6/c1-3-21(2)30-27(32)26(31-28(33)35-19-23-10-6-4-7-11-23)18-22-14-16-25(17-15-22)37-29(34)36-20-24-12-8-5-9-13-24/h4-17,21,26H,3,18-20H2,1-2H3,(H,30,32)(H,31,33)/t21-,26+/m1/s1. The van der Waals surface area contributed by atoms with Crippen molar-refractivity contribution in [2.45, 2.75) is 52.0 Å². The Morgan fingerprint density at radius 1 is 0.730 bits per heavy atom. The molecular formula is C29H32N2O6. The van der Waals surface area contributed by atoms with Gasteiger partial charge in [0.15, 0.2) is 0 Å². The van der Waals surface area contributed by atoms with Crippen molar-refractivity contribution in [3.8, 4) is 5.75 Å². The van der Waals surface area contributed by atoms with Crippen LogP contribution in [0.1, 0.15) is 37.0 Å². The molecule has 0 saturated carbocycles. The molecule has 0 aliphatic carbocycles. The molecule has 0 heterocycles. The van der Waals surface area contributed by atoms with E-state index in [-0.39, 0.29) is 31.6 Å². The first-order valence-electron chi connectivity index (χ1n) is 12.2. The van der Waals surface area contributed by atoms with Crippen molar-refractivity contribution in [3.05, 3.63) is 102 Å². The highest BCUT2D eigenvalue weighted by molar-refractivity contribution is 5.86. The van der Waals surface area contributed by atoms with Gasteiger partial charge < -0.3 is 24.8 Å². The van der Waals surface area contributed by atoms with Crippen molar-refractivity contribution < 1.29 is 28.6 Å². The second kappa shape index (κ2) is 14.3. The zero-order valence-electron chi connectivity index (χ0n) is 21.0. The van der Waals surface area contributed by atoms with E-state index in [1.807, 2.05) is 74.5 Å². The fourth-order valence-corrected chi connectivity index (χ4v) is 3.33. The molecule has 194 valence electrons. The second-order valence-electron chi connectivity index (χ2n) is 8.55. The number of hydrogen-bond donors (Lipinski definition) is 2. The summed E-state index contributed by atoms with van der Waals surface area (Å²) in [5, 5.41) is 5.56. The molecule has 2 atom stereocenters. The lowest BCUT2D eigenvalue weighted by Gasteiger charge is -2.21. The Hall–Kier alpha value is -4.33. The Labute approximate surface area is 216 Å². The average molecular weight is 505 g/mol. The van der Waals surface area contributed by atoms with Crippen LogP contribution in [0.2, 0.25) is 0 Å². The molecule has 0 aromatic heterocycles. The van der Waals surface area contributed by atoms with Crippen LogP contribution in [0.15, 0.2) is 84.9 Å². The molecule has 8 nitrogen and oxygen atoms in total. The quantitative estimate of drug-likeness (QED) is 0.276. The highest BCUT2D eigenvalue weighted by Crippen LogP contribution is 2.15. The molecule has 3 aromatic rings. The predicted octanol–water partition coefficient (Wildman–Crippen LogP) is 5.15. The molecule has 0 unspecified atom stereocenters. The molecule has 0 bridgehead atoms. The van der Waals surface area contributed by atoms with Crippen LogP contribution < -0.4 is 15.4 Å². The van der Waals surface area contributed by atoms with Crippen molar-refractivity contribution in [2.75, 3.05) is 0 Å². The Morgan fingerprint density at radius 2 is 1.30 bits per heavy atom. The normalized spacial score (nSPS) is 12.1. The van der Waals surface area contributed by atoms with E-state index >= 15 is 0 Å². The van der Waals surface area contributed by atoms with Crippen LogP contribution in [0, 0.1) is 0 Å². The first kappa shape index (κ1) is 27.3. The average Bonchev–Trinajstić information content (AvgIpc) is 2.92. The van der Waals surface area contributed by atoms with Crippen molar-refractivity contribution in [1.82, 2.24) is 10.6 Å². The van der Waals surface area contributed by atoms with E-state index in [0.717, 1.165) is 23.1 Å². The molecular weight excluding hydrogens is 472 g/mol. The van der Waals surface area contributed by atoms with Crippen molar-refractivity contribution in [1.29, 1.82) is 0 Å². The van der Waals surface area contributed by atoms with E-state index in [1.165, 1.54) is 0 Å². The molecule has 2 amide bonds. The lowest BCUT2D eigenvalue weighted by atomic mass is 10.0. The fourth-order valence-electron chi connectivity index (χ4n) is 3.33. The van der Waals surface area contributed by atoms with Gasteiger partial charge in [0.2, 0.25) is 5.91 Å². The van der Waals surface area contributed by atoms with Crippen LogP contribution >= 0.6 is 0 Å². The molecule has 3 rings (SSSR count). The minimum absolute atomic E-state index is 0.0465. The Balaban J connectivity index is 1.56. The van der Waals surface area contributed by atoms with E-state index in [4.69, 9.17) is 14.2 Å². The molecule has 0 aliphatic rings. The first-order valence-corrected chi connectivity index (χ1v) is 12.2. The van der Waals surface area contributed by atoms with E-state index < -0.39 is 18.3 Å². The van der Waals surface area contributed by atoms with Gasteiger partial charge in [-0.3, -0.25) is 4.79 Å². The number of rotatable bonds is 11. The number of alkyl carbamates (subject to hydrolysis) is 1. The first-order chi connectivity index (χ1) is 17.9. The summed E-state index contributed by atoms with van der Waals surface area (Å²) in [6.07, 6.45) is -0.524. The molecule has 0 saturated heterocycles. The number of carbonyl (C=O) groups is 3. The zero-order chi connectivity index (χ0) is 26.5. The number of nitrogens with one attached hydrogen (secondary N) is 2. The molecule has 0 spiro atoms. The third kappa shape index (κ3) is 9.68. The Morgan fingerprint density at radius 3 is 1.86 bits per heavy atom. The highest BCUT2D eigenvalue weighted by Gasteiger charge is 2.23. The maximum absolute atomic E-state index is 12.9. The maximum atomic E-state index is 12.9. The smallest absolute Gasteiger partial charge is 0.445 e. The van der Waals surface area contributed by atoms with Crippen molar-refractivity contribution in [3.63, 3.8) is 0 Å². The van der Waals surface area contributed by atoms with Crippen LogP contribution in [-0.4, -0.2) is 30.2 Å². The van der Waals surface area contributed by atoms with Gasteiger partial charge in [0, 0.05) is 12.5 Å². The molecule has 8 heteroatoms. The summed E-state index contributed by atoms with van der Waals surface area (Å²) in [4.78, 5) is 37.3. The van der Waals surface area contributed by atoms with Crippen LogP contribution in [0.25, 0.3) is 0 Å². The van der Waals surface area contributed by atoms with E-state index in [9.17, 15) is 14.4 Å². The summed E-state index contributed by atoms with van der Waals surface area (Å²) in [7, 11) is 0. The largest absolute Gasteiger partial charge is 0.514 e. The summed E-state index contributed by atoms with van der Waals surface area (Å²) >= 11 is 0. The molecule has 0 fully saturated rings. The molecule has 0 aliphatic heterocycles. The Kier molecular flexibility index (Phi) is 10.5. The summed E-state index contributed by atoms with van der Waals surface area (Å²) in [6, 6.07) is 24.3. The van der Waals surface area contributed by atoms with Crippen LogP contribution in [0.4, 0.5) is 9.59 Å². The van der Waals surface area contributed by atoms with Crippen molar-refractivity contribution >= 4 is 18.2 Å². The van der Waals surface area contributed by atoms with Crippen LogP contribution in [0.5, 0.6) is 5.75 Å². The van der Waals surface area contributed by atoms with Gasteiger partial charge in [-0.2, -0.15) is 0 Å². The SMILES string of the molecule is CC[C@@H](C)NC(=O)[C@H](Cc1ccc(OC(=O)OCc2ccccc2)cc1)NC(=O)OCc1ccccc1. The summed E-state index contributed by atoms with van der Waals surface area (Å²) in [6.45, 7) is 4.06. The maximum Gasteiger partial charge on any atom is 0.514 e. The van der Waals surface area contributed by atoms with Gasteiger partial charge in [-0.1, -0.05) is 79.7 Å². The zero-order valence-corrected chi connectivity index (χ0v) is 21.0. The molecule has 3 aromatic carbocycles. The number of ether oxygens (including phenoxy) is 3. The van der Waals surface area contributed by atoms with E-state index in [1.54, 1.807) is 24.3 Å². The van der Waals surface area contributed by atoms with Crippen molar-refractivity contribution in [2.24, 2.45) is 0 Å². The molecule has 37 heavy (non-hydrogen) atoms. The highest BCUT2D eigenvalue weighted by atomic mass is 16.7. The summed E-state index contributed by atoms with van der Waals surface area (Å²) in [5.74, 6) is -0.00604. The van der Waals surface area contributed by atoms with Crippen LogP contribution in [-0.2, 0) is 33.9 Å². The number of carbonyl (C=O) groups excluding carboxylic acids is 3. The molecule has 0 radical (unpaired) electrons. The topological polar surface area (TPSA) is 103 Å². The summed E-state index contributed by atoms with van der Waals surface area (Å²) < 4.78 is 15.6. The van der Waals surface area contributed by atoms with Gasteiger partial charge >= 0.3 is 12.2 Å². The number of amides is 2. The van der Waals surface area contributed by atoms with Gasteiger partial charge in [-0.25, -0.2) is 9.59 Å². The molecule has 2 N–H and O–H groups in total. The van der Waals surface area contributed by atoms with E-state index in [2.05, 4.69) is 10.6 Å². The lowest BCUT2D eigenvalue weighted by molar-refractivity contribution is -0.123. The third-order valence-electron chi connectivity index (χ3n) is 5.59. The minimum Gasteiger partial charge on any atom is -0.445 e. The van der Waals surface area contributed by atoms with Gasteiger partial charge in [0.1, 0.15) is 25.0 Å². The van der Waals surface area contributed by atoms with Gasteiger partial charge in [-0.05, 0) is 42.2 Å². The second-order valence-corrected chi connectivity index (χ2v) is 8.55. The number of hydrogen-bond acceptors (Lipinski definition) is 6.